The number of aliphatic carboxylic acids is 1. The zero-order chi connectivity index (χ0) is 85.8. The van der Waals surface area contributed by atoms with E-state index in [0.29, 0.717) is 170 Å². The summed E-state index contributed by atoms with van der Waals surface area (Å²) in [5.41, 5.74) is 12.1. The Morgan fingerprint density at radius 1 is 0.525 bits per heavy atom. The summed E-state index contributed by atoms with van der Waals surface area (Å²) >= 11 is 0. The van der Waals surface area contributed by atoms with E-state index in [1.807, 2.05) is 41.3 Å². The number of piperidine rings is 2. The summed E-state index contributed by atoms with van der Waals surface area (Å²) < 4.78 is 48.0. The monoisotopic (exact) mass is 1650 g/mol. The van der Waals surface area contributed by atoms with Crippen LogP contribution < -0.4 is 57.1 Å². The normalized spacial score (nSPS) is 16.5. The molecule has 6 aliphatic rings. The third kappa shape index (κ3) is 20.2. The van der Waals surface area contributed by atoms with E-state index in [1.54, 1.807) is 121 Å². The van der Waals surface area contributed by atoms with Crippen LogP contribution >= 0.6 is 0 Å². The number of hydrogen-bond acceptors (Lipinski definition) is 28. The lowest BCUT2D eigenvalue weighted by Crippen LogP contribution is -2.54. The molecule has 2 atom stereocenters. The standard InChI is InChI=1S/C42H46N6O10.C22H23N3O5.C19H24N4O6.CH2O2/c1-46-23-30(27-11-12-43-20-29(27)40(46)52)25-18-35(55-2)31(36(19-25)56-3)24-47-21-26(22-47)34(49)8-5-14-57-16-17-58-15-13-44-32-7-4-6-28-38(32)42(54)48(41(28)53)33-9-10-37(50)45-39(33)51;1-24-11-17(15-4-5-23-8-16(15)21(24)26)13-6-19(29-2)18(20(7-13)30-3)12-25-9-14(10-25)22(27)28;20-6-8-28-10-11-29-9-7-21-13-3-1-2-12-16(13)19(27)23(18(12)26)14-4-5-15(24)22-17(14)25;2-1-3/h4,6-7,11-12,18-20,23,26,33,44H,5,8-10,13-17,21-22,24H2,1-3H3,(H,45,50,51);4-8,11,14H,9-10,12H2,1-3H3,(H,27,28);1-3,14,21H,4-11,20H2,(H,22,24,25);1H,(H,2,3). The summed E-state index contributed by atoms with van der Waals surface area (Å²) in [5.74, 6) is -2.62. The van der Waals surface area contributed by atoms with Gasteiger partial charge in [-0.2, -0.15) is 0 Å². The van der Waals surface area contributed by atoms with Crippen LogP contribution in [0.3, 0.4) is 0 Å². The highest BCUT2D eigenvalue weighted by molar-refractivity contribution is 6.26. The van der Waals surface area contributed by atoms with Crippen molar-refractivity contribution in [3.63, 3.8) is 0 Å². The molecule has 0 aliphatic carbocycles. The van der Waals surface area contributed by atoms with Crippen LogP contribution in [-0.4, -0.2) is 254 Å². The van der Waals surface area contributed by atoms with Gasteiger partial charge in [0.1, 0.15) is 40.9 Å². The lowest BCUT2D eigenvalue weighted by molar-refractivity contribution is -0.148. The topological polar surface area (TPSA) is 459 Å². The van der Waals surface area contributed by atoms with Gasteiger partial charge in [-0.3, -0.25) is 103 Å². The number of aryl methyl sites for hydroxylation is 2. The first-order valence-corrected chi connectivity index (χ1v) is 38.8. The maximum absolute atomic E-state index is 13.2. The van der Waals surface area contributed by atoms with E-state index in [9.17, 15) is 57.5 Å². The number of pyridine rings is 4. The van der Waals surface area contributed by atoms with E-state index in [2.05, 4.69) is 36.1 Å². The largest absolute Gasteiger partial charge is 0.496 e. The van der Waals surface area contributed by atoms with Gasteiger partial charge in [0.05, 0.1) is 125 Å². The molecule has 0 saturated carbocycles. The number of ether oxygens (including phenoxy) is 8. The van der Waals surface area contributed by atoms with Crippen LogP contribution in [0, 0.1) is 11.8 Å². The molecule has 0 bridgehead atoms. The smallest absolute Gasteiger partial charge is 0.309 e. The van der Waals surface area contributed by atoms with E-state index in [0.717, 1.165) is 54.0 Å². The number of amides is 8. The van der Waals surface area contributed by atoms with Gasteiger partial charge >= 0.3 is 5.97 Å². The number of carboxylic acids is 1. The van der Waals surface area contributed by atoms with Gasteiger partial charge in [-0.05, 0) is 102 Å². The van der Waals surface area contributed by atoms with Crippen molar-refractivity contribution in [2.24, 2.45) is 31.7 Å². The number of aromatic nitrogens is 4. The first-order chi connectivity index (χ1) is 58.0. The number of Topliss-reactive ketones (excluding diaryl/α,β-unsaturated/α-hetero) is 1. The molecule has 0 radical (unpaired) electrons. The van der Waals surface area contributed by atoms with Crippen LogP contribution in [0.4, 0.5) is 11.4 Å². The first kappa shape index (κ1) is 88.1. The average molecular weight is 1650 g/mol. The number of imide groups is 4. The minimum Gasteiger partial charge on any atom is -0.496 e. The summed E-state index contributed by atoms with van der Waals surface area (Å²) in [7, 11) is 9.86. The highest BCUT2D eigenvalue weighted by Crippen LogP contribution is 2.42. The number of ketones is 1. The summed E-state index contributed by atoms with van der Waals surface area (Å²) in [6.07, 6.45) is 11.5. The van der Waals surface area contributed by atoms with Crippen molar-refractivity contribution in [3.05, 3.63) is 164 Å². The maximum Gasteiger partial charge on any atom is 0.309 e. The Morgan fingerprint density at radius 2 is 0.917 bits per heavy atom. The molecule has 36 heteroatoms. The van der Waals surface area contributed by atoms with Crippen molar-refractivity contribution in [1.29, 1.82) is 0 Å². The van der Waals surface area contributed by atoms with Gasteiger partial charge in [-0.1, -0.05) is 12.1 Å². The Labute approximate surface area is 688 Å². The molecule has 0 spiro atoms. The van der Waals surface area contributed by atoms with E-state index in [4.69, 9.17) is 58.6 Å². The first-order valence-electron chi connectivity index (χ1n) is 38.8. The molecule has 6 aliphatic heterocycles. The molecule has 14 rings (SSSR count). The van der Waals surface area contributed by atoms with Gasteiger partial charge in [-0.15, -0.1) is 0 Å². The SMILES string of the molecule is COc1cc(-c2cn(C)c(=O)c3cnccc23)cc(OC)c1CN1CC(C(=O)CCCOCCOCCNc2cccc3c2C(=O)N(C2CCC(=O)NC2=O)C3=O)C1.COc1cc(-c2cn(C)c(=O)c3cnccc23)cc(OC)c1CN1CC(C(=O)O)C1.NCCOCCOCCNc1cccc2c1C(=O)N(C1CCC(=O)NC1=O)C2=O.O=CO. The van der Waals surface area contributed by atoms with Crippen LogP contribution in [0.1, 0.15) is 91.1 Å². The van der Waals surface area contributed by atoms with E-state index >= 15 is 0 Å². The maximum atomic E-state index is 13.2. The van der Waals surface area contributed by atoms with Crippen LogP contribution in [0.15, 0.2) is 120 Å². The highest BCUT2D eigenvalue weighted by atomic mass is 16.5. The van der Waals surface area contributed by atoms with Crippen molar-refractivity contribution in [2.75, 3.05) is 138 Å². The molecule has 8 N–H and O–H groups in total. The van der Waals surface area contributed by atoms with Crippen LogP contribution in [0.2, 0.25) is 0 Å². The fraction of sp³-hybridized carbons (Fsp3) is 0.393. The molecule has 4 aromatic heterocycles. The quantitative estimate of drug-likeness (QED) is 0.0168. The second-order valence-corrected chi connectivity index (χ2v) is 28.7. The Balaban J connectivity index is 0.000000190. The second-order valence-electron chi connectivity index (χ2n) is 28.7. The van der Waals surface area contributed by atoms with Gasteiger partial charge in [-0.25, -0.2) is 0 Å². The highest BCUT2D eigenvalue weighted by Gasteiger charge is 2.48. The van der Waals surface area contributed by atoms with Crippen LogP contribution in [-0.2, 0) is 79.7 Å². The number of carbonyl (C=O) groups excluding carboxylic acids is 9. The lowest BCUT2D eigenvalue weighted by Gasteiger charge is -2.38. The molecular weight excluding hydrogens is 1560 g/mol. The molecule has 2 unspecified atom stereocenters. The summed E-state index contributed by atoms with van der Waals surface area (Å²) in [6.45, 7) is 7.57. The van der Waals surface area contributed by atoms with Crippen molar-refractivity contribution in [3.8, 4) is 45.3 Å². The Bertz CT molecular complexity index is 5280. The van der Waals surface area contributed by atoms with E-state index in [-0.39, 0.29) is 83.1 Å². The number of hydrogen-bond donors (Lipinski definition) is 7. The molecule has 10 heterocycles. The van der Waals surface area contributed by atoms with Crippen LogP contribution in [0.5, 0.6) is 23.0 Å². The van der Waals surface area contributed by atoms with Gasteiger partial charge in [0.2, 0.25) is 23.6 Å². The molecule has 120 heavy (non-hydrogen) atoms. The molecule has 36 nitrogen and oxygen atoms in total. The number of nitrogens with one attached hydrogen (secondary N) is 4. The number of nitrogens with two attached hydrogens (primary N) is 1. The zero-order valence-corrected chi connectivity index (χ0v) is 67.2. The molecular formula is C84H95N13O23. The molecule has 4 fully saturated rings. The third-order valence-corrected chi connectivity index (χ3v) is 21.1. The molecule has 8 aromatic rings. The van der Waals surface area contributed by atoms with E-state index in [1.165, 1.54) is 4.57 Å². The lowest BCUT2D eigenvalue weighted by atomic mass is 9.91. The second kappa shape index (κ2) is 41.1. The molecule has 4 aromatic carbocycles. The predicted molar refractivity (Wildman–Crippen MR) is 435 cm³/mol. The minimum atomic E-state index is -1.03. The number of rotatable bonds is 34. The van der Waals surface area contributed by atoms with E-state index < -0.39 is 65.3 Å². The fourth-order valence-electron chi connectivity index (χ4n) is 15.0. The molecule has 8 amide bonds. The predicted octanol–water partition coefficient (Wildman–Crippen LogP) is 4.27. The number of likely N-dealkylation sites (tertiary alicyclic amines) is 2. The number of carbonyl (C=O) groups is 11. The van der Waals surface area contributed by atoms with Gasteiger partial charge in [0.25, 0.3) is 41.2 Å². The number of nitrogens with zero attached hydrogens (tertiary/aromatic N) is 8. The third-order valence-electron chi connectivity index (χ3n) is 21.1. The minimum absolute atomic E-state index is 0.0440. The Morgan fingerprint density at radius 3 is 1.30 bits per heavy atom. The number of fused-ring (bicyclic) bond motifs is 4. The number of carboxylic acid groups (broad SMARTS) is 2. The fourth-order valence-corrected chi connectivity index (χ4v) is 15.0. The summed E-state index contributed by atoms with van der Waals surface area (Å²) in [4.78, 5) is 171. The average Bonchev–Trinajstić information content (AvgIpc) is 1.08. The number of methoxy groups -OCH3 is 4. The van der Waals surface area contributed by atoms with Gasteiger partial charge in [0, 0.05) is 164 Å². The van der Waals surface area contributed by atoms with Crippen molar-refractivity contribution in [1.82, 2.24) is 49.3 Å². The van der Waals surface area contributed by atoms with Crippen molar-refractivity contribution in [2.45, 2.75) is 63.7 Å². The van der Waals surface area contributed by atoms with Gasteiger partial charge in [0.15, 0.2) is 0 Å². The number of benzene rings is 4. The Hall–Kier alpha value is -12.7. The van der Waals surface area contributed by atoms with Crippen molar-refractivity contribution < 1.29 is 101 Å². The summed E-state index contributed by atoms with van der Waals surface area (Å²) in [6, 6.07) is 19.2. The Kier molecular flexibility index (Phi) is 30.2. The molecule has 4 saturated heterocycles. The zero-order valence-electron chi connectivity index (χ0n) is 67.2. The number of anilines is 2. The summed E-state index contributed by atoms with van der Waals surface area (Å²) in [5, 5.41) is 29.3. The molecule has 634 valence electrons. The van der Waals surface area contributed by atoms with Crippen molar-refractivity contribution >= 4 is 98.4 Å². The van der Waals surface area contributed by atoms with Gasteiger partial charge < -0.3 is 73.6 Å². The van der Waals surface area contributed by atoms with Crippen LogP contribution in [0.25, 0.3) is 43.8 Å².